The van der Waals surface area contributed by atoms with Crippen molar-refractivity contribution < 1.29 is 13.5 Å². The van der Waals surface area contributed by atoms with Crippen molar-refractivity contribution in [3.8, 4) is 5.75 Å². The maximum absolute atomic E-state index is 13.3. The second-order valence-electron chi connectivity index (χ2n) is 4.11. The molecule has 0 aliphatic heterocycles. The summed E-state index contributed by atoms with van der Waals surface area (Å²) in [5.41, 5.74) is 0.823. The average Bonchev–Trinajstić information content (AvgIpc) is 2.39. The monoisotopic (exact) mass is 264 g/mol. The summed E-state index contributed by atoms with van der Waals surface area (Å²) in [6.45, 7) is 1.87. The molecule has 0 bridgehead atoms. The summed E-state index contributed by atoms with van der Waals surface area (Å²) >= 11 is 0. The van der Waals surface area contributed by atoms with Crippen LogP contribution in [0, 0.1) is 11.8 Å². The van der Waals surface area contributed by atoms with E-state index in [-0.39, 0.29) is 11.8 Å². The highest BCUT2D eigenvalue weighted by atomic mass is 19.1. The minimum atomic E-state index is -0.547. The Hall–Kier alpha value is -2.17. The molecular formula is C14H14F2N2O. The molecule has 2 rings (SSSR count). The molecule has 0 amide bonds. The Kier molecular flexibility index (Phi) is 3.94. The van der Waals surface area contributed by atoms with Gasteiger partial charge in [0.15, 0.2) is 11.6 Å². The maximum atomic E-state index is 13.3. The standard InChI is InChI=1S/C14H14F2N2O/c1-9(17-14-5-3-4-13(16)18-14)10-6-7-11(15)12(8-10)19-2/h3-9H,1-2H3,(H,17,18). The highest BCUT2D eigenvalue weighted by molar-refractivity contribution is 5.40. The number of benzene rings is 1. The Morgan fingerprint density at radius 1 is 1.21 bits per heavy atom. The lowest BCUT2D eigenvalue weighted by Gasteiger charge is -2.16. The van der Waals surface area contributed by atoms with Gasteiger partial charge in [-0.2, -0.15) is 4.39 Å². The van der Waals surface area contributed by atoms with Crippen LogP contribution in [0.5, 0.6) is 5.75 Å². The van der Waals surface area contributed by atoms with Gasteiger partial charge in [0.25, 0.3) is 0 Å². The SMILES string of the molecule is COc1cc(C(C)Nc2cccc(F)n2)ccc1F. The second-order valence-corrected chi connectivity index (χ2v) is 4.11. The molecule has 3 nitrogen and oxygen atoms in total. The van der Waals surface area contributed by atoms with Gasteiger partial charge in [0, 0.05) is 0 Å². The molecule has 0 saturated carbocycles. The number of pyridine rings is 1. The van der Waals surface area contributed by atoms with Crippen LogP contribution < -0.4 is 10.1 Å². The number of anilines is 1. The lowest BCUT2D eigenvalue weighted by molar-refractivity contribution is 0.385. The first-order valence-electron chi connectivity index (χ1n) is 5.82. The summed E-state index contributed by atoms with van der Waals surface area (Å²) in [5, 5.41) is 3.04. The quantitative estimate of drug-likeness (QED) is 0.858. The van der Waals surface area contributed by atoms with Gasteiger partial charge in [-0.25, -0.2) is 9.37 Å². The number of ether oxygens (including phenoxy) is 1. The number of halogens is 2. The van der Waals surface area contributed by atoms with Crippen molar-refractivity contribution in [3.63, 3.8) is 0 Å². The molecule has 100 valence electrons. The molecule has 5 heteroatoms. The molecule has 0 spiro atoms. The predicted octanol–water partition coefficient (Wildman–Crippen LogP) is 3.54. The van der Waals surface area contributed by atoms with Crippen molar-refractivity contribution in [2.24, 2.45) is 0 Å². The van der Waals surface area contributed by atoms with Crippen LogP contribution in [0.25, 0.3) is 0 Å². The summed E-state index contributed by atoms with van der Waals surface area (Å²) in [6.07, 6.45) is 0. The molecule has 1 atom stereocenters. The summed E-state index contributed by atoms with van der Waals surface area (Å²) in [7, 11) is 1.41. The number of nitrogens with one attached hydrogen (secondary N) is 1. The molecule has 1 unspecified atom stereocenters. The largest absolute Gasteiger partial charge is 0.494 e. The average molecular weight is 264 g/mol. The van der Waals surface area contributed by atoms with E-state index in [1.807, 2.05) is 6.92 Å². The van der Waals surface area contributed by atoms with Crippen molar-refractivity contribution in [3.05, 3.63) is 53.7 Å². The van der Waals surface area contributed by atoms with Crippen molar-refractivity contribution in [2.45, 2.75) is 13.0 Å². The molecule has 1 aromatic heterocycles. The van der Waals surface area contributed by atoms with E-state index in [1.54, 1.807) is 24.3 Å². The number of nitrogens with zero attached hydrogens (tertiary/aromatic N) is 1. The fourth-order valence-electron chi connectivity index (χ4n) is 1.74. The van der Waals surface area contributed by atoms with Crippen LogP contribution in [-0.4, -0.2) is 12.1 Å². The number of methoxy groups -OCH3 is 1. The van der Waals surface area contributed by atoms with Crippen LogP contribution in [0.15, 0.2) is 36.4 Å². The van der Waals surface area contributed by atoms with Crippen LogP contribution in [0.2, 0.25) is 0 Å². The van der Waals surface area contributed by atoms with E-state index in [0.29, 0.717) is 5.82 Å². The Morgan fingerprint density at radius 2 is 2.00 bits per heavy atom. The van der Waals surface area contributed by atoms with Crippen molar-refractivity contribution in [1.29, 1.82) is 0 Å². The van der Waals surface area contributed by atoms with E-state index in [2.05, 4.69) is 10.3 Å². The fraction of sp³-hybridized carbons (Fsp3) is 0.214. The van der Waals surface area contributed by atoms with Gasteiger partial charge in [0.1, 0.15) is 5.82 Å². The Bertz CT molecular complexity index is 575. The number of aromatic nitrogens is 1. The molecule has 0 radical (unpaired) electrons. The molecule has 0 aliphatic carbocycles. The minimum absolute atomic E-state index is 0.149. The zero-order valence-corrected chi connectivity index (χ0v) is 10.7. The van der Waals surface area contributed by atoms with E-state index in [4.69, 9.17) is 4.74 Å². The number of hydrogen-bond donors (Lipinski definition) is 1. The Balaban J connectivity index is 2.18. The normalized spacial score (nSPS) is 12.0. The van der Waals surface area contributed by atoms with Gasteiger partial charge in [0.05, 0.1) is 13.2 Å². The summed E-state index contributed by atoms with van der Waals surface area (Å²) in [6, 6.07) is 8.95. The van der Waals surface area contributed by atoms with Crippen LogP contribution in [0.1, 0.15) is 18.5 Å². The van der Waals surface area contributed by atoms with Crippen LogP contribution in [0.3, 0.4) is 0 Å². The van der Waals surface area contributed by atoms with Crippen LogP contribution >= 0.6 is 0 Å². The first-order valence-corrected chi connectivity index (χ1v) is 5.82. The van der Waals surface area contributed by atoms with Gasteiger partial charge in [0.2, 0.25) is 5.95 Å². The van der Waals surface area contributed by atoms with Crippen molar-refractivity contribution in [1.82, 2.24) is 4.98 Å². The summed E-state index contributed by atoms with van der Waals surface area (Å²) < 4.78 is 31.2. The molecule has 1 N–H and O–H groups in total. The van der Waals surface area contributed by atoms with Gasteiger partial charge in [-0.15, -0.1) is 0 Å². The zero-order valence-electron chi connectivity index (χ0n) is 10.7. The second kappa shape index (κ2) is 5.65. The molecule has 0 saturated heterocycles. The Morgan fingerprint density at radius 3 is 2.68 bits per heavy atom. The first-order chi connectivity index (χ1) is 9.10. The van der Waals surface area contributed by atoms with Gasteiger partial charge in [-0.1, -0.05) is 12.1 Å². The van der Waals surface area contributed by atoms with E-state index in [1.165, 1.54) is 19.2 Å². The number of rotatable bonds is 4. The fourth-order valence-corrected chi connectivity index (χ4v) is 1.74. The molecule has 0 aliphatic rings. The molecular weight excluding hydrogens is 250 g/mol. The lowest BCUT2D eigenvalue weighted by Crippen LogP contribution is -2.08. The van der Waals surface area contributed by atoms with E-state index < -0.39 is 11.8 Å². The predicted molar refractivity (Wildman–Crippen MR) is 69.2 cm³/mol. The third-order valence-electron chi connectivity index (χ3n) is 2.75. The molecule has 2 aromatic rings. The van der Waals surface area contributed by atoms with Gasteiger partial charge in [-0.3, -0.25) is 0 Å². The van der Waals surface area contributed by atoms with Gasteiger partial charge < -0.3 is 10.1 Å². The smallest absolute Gasteiger partial charge is 0.214 e. The van der Waals surface area contributed by atoms with Gasteiger partial charge in [-0.05, 0) is 36.8 Å². The first kappa shape index (κ1) is 13.3. The molecule has 1 aromatic carbocycles. The minimum Gasteiger partial charge on any atom is -0.494 e. The number of hydrogen-bond acceptors (Lipinski definition) is 3. The van der Waals surface area contributed by atoms with Crippen LogP contribution in [0.4, 0.5) is 14.6 Å². The third-order valence-corrected chi connectivity index (χ3v) is 2.75. The lowest BCUT2D eigenvalue weighted by atomic mass is 10.1. The van der Waals surface area contributed by atoms with E-state index in [0.717, 1.165) is 5.56 Å². The molecule has 19 heavy (non-hydrogen) atoms. The van der Waals surface area contributed by atoms with Crippen molar-refractivity contribution in [2.75, 3.05) is 12.4 Å². The van der Waals surface area contributed by atoms with E-state index in [9.17, 15) is 8.78 Å². The topological polar surface area (TPSA) is 34.1 Å². The van der Waals surface area contributed by atoms with Gasteiger partial charge >= 0.3 is 0 Å². The van der Waals surface area contributed by atoms with Crippen molar-refractivity contribution >= 4 is 5.82 Å². The molecule has 0 fully saturated rings. The summed E-state index contributed by atoms with van der Waals surface area (Å²) in [5.74, 6) is -0.356. The Labute approximate surface area is 110 Å². The highest BCUT2D eigenvalue weighted by Gasteiger charge is 2.10. The third kappa shape index (κ3) is 3.19. The summed E-state index contributed by atoms with van der Waals surface area (Å²) in [4.78, 5) is 3.72. The van der Waals surface area contributed by atoms with E-state index >= 15 is 0 Å². The maximum Gasteiger partial charge on any atom is 0.214 e. The van der Waals surface area contributed by atoms with Crippen LogP contribution in [-0.2, 0) is 0 Å². The highest BCUT2D eigenvalue weighted by Crippen LogP contribution is 2.24. The zero-order chi connectivity index (χ0) is 13.8. The molecule has 1 heterocycles.